The van der Waals surface area contributed by atoms with E-state index < -0.39 is 0 Å². The van der Waals surface area contributed by atoms with Crippen LogP contribution in [0.5, 0.6) is 5.75 Å². The van der Waals surface area contributed by atoms with Crippen molar-refractivity contribution >= 4 is 33.1 Å². The van der Waals surface area contributed by atoms with Gasteiger partial charge >= 0.3 is 0 Å². The van der Waals surface area contributed by atoms with E-state index in [0.717, 1.165) is 70.6 Å². The molecule has 0 aliphatic carbocycles. The lowest BCUT2D eigenvalue weighted by Crippen LogP contribution is -2.34. The molecule has 37 heavy (non-hydrogen) atoms. The van der Waals surface area contributed by atoms with Crippen LogP contribution in [-0.2, 0) is 0 Å². The van der Waals surface area contributed by atoms with Crippen molar-refractivity contribution < 1.29 is 4.74 Å². The van der Waals surface area contributed by atoms with E-state index >= 15 is 0 Å². The molecule has 0 bridgehead atoms. The fourth-order valence-electron chi connectivity index (χ4n) is 5.22. The number of benzene rings is 2. The lowest BCUT2D eigenvalue weighted by Gasteiger charge is -2.23. The van der Waals surface area contributed by atoms with Gasteiger partial charge in [-0.1, -0.05) is 18.2 Å². The molecule has 3 N–H and O–H groups in total. The van der Waals surface area contributed by atoms with E-state index in [9.17, 15) is 0 Å². The normalized spacial score (nSPS) is 14.5. The van der Waals surface area contributed by atoms with E-state index in [1.807, 2.05) is 23.7 Å². The van der Waals surface area contributed by atoms with E-state index in [1.54, 1.807) is 0 Å². The van der Waals surface area contributed by atoms with Crippen molar-refractivity contribution in [3.05, 3.63) is 77.9 Å². The molecule has 6 aromatic rings. The molecule has 2 aromatic carbocycles. The molecule has 0 amide bonds. The van der Waals surface area contributed by atoms with Gasteiger partial charge in [0.15, 0.2) is 0 Å². The van der Waals surface area contributed by atoms with E-state index in [4.69, 9.17) is 9.84 Å². The van der Waals surface area contributed by atoms with Crippen LogP contribution >= 0.6 is 11.3 Å². The zero-order valence-electron chi connectivity index (χ0n) is 20.5. The number of hydrogen-bond donors (Lipinski definition) is 3. The van der Waals surface area contributed by atoms with Crippen LogP contribution in [0.4, 0.5) is 0 Å². The Hall–Kier alpha value is -3.94. The van der Waals surface area contributed by atoms with Gasteiger partial charge in [0.25, 0.3) is 0 Å². The third-order valence-corrected chi connectivity index (χ3v) is 8.16. The van der Waals surface area contributed by atoms with Crippen molar-refractivity contribution in [2.45, 2.75) is 25.9 Å². The number of thiophene rings is 1. The maximum absolute atomic E-state index is 6.24. The van der Waals surface area contributed by atoms with Gasteiger partial charge in [0.05, 0.1) is 17.4 Å². The zero-order valence-corrected chi connectivity index (χ0v) is 21.4. The third-order valence-electron chi connectivity index (χ3n) is 7.12. The van der Waals surface area contributed by atoms with Crippen molar-refractivity contribution in [3.63, 3.8) is 0 Å². The van der Waals surface area contributed by atoms with Crippen LogP contribution in [0, 0.1) is 6.92 Å². The molecule has 7 heteroatoms. The van der Waals surface area contributed by atoms with E-state index in [0.29, 0.717) is 0 Å². The molecule has 184 valence electrons. The van der Waals surface area contributed by atoms with Gasteiger partial charge in [-0.15, -0.1) is 11.3 Å². The summed E-state index contributed by atoms with van der Waals surface area (Å²) in [6.45, 7) is 4.15. The molecule has 0 atom stereocenters. The molecule has 7 rings (SSSR count). The molecule has 1 aliphatic rings. The minimum atomic E-state index is 0.242. The Balaban J connectivity index is 1.26. The molecule has 0 radical (unpaired) electrons. The number of fused-ring (bicyclic) bond motifs is 2. The summed E-state index contributed by atoms with van der Waals surface area (Å²) in [6.07, 6.45) is 5.99. The minimum Gasteiger partial charge on any atom is -0.489 e. The maximum atomic E-state index is 6.24. The summed E-state index contributed by atoms with van der Waals surface area (Å²) >= 11 is 1.82. The first kappa shape index (κ1) is 22.3. The number of rotatable bonds is 5. The molecule has 4 aromatic heterocycles. The van der Waals surface area contributed by atoms with Gasteiger partial charge in [-0.3, -0.25) is 10.1 Å². The number of aryl methyl sites for hydroxylation is 1. The monoisotopic (exact) mass is 505 g/mol. The Kier molecular flexibility index (Phi) is 5.52. The van der Waals surface area contributed by atoms with Gasteiger partial charge in [0.1, 0.15) is 17.5 Å². The number of nitrogens with zero attached hydrogens (tertiary/aromatic N) is 2. The Bertz CT molecular complexity index is 1720. The number of ether oxygens (including phenoxy) is 1. The number of H-pyrrole nitrogens is 2. The maximum Gasteiger partial charge on any atom is 0.138 e. The predicted octanol–water partition coefficient (Wildman–Crippen LogP) is 6.94. The molecule has 0 spiro atoms. The molecule has 1 aliphatic heterocycles. The van der Waals surface area contributed by atoms with E-state index in [-0.39, 0.29) is 6.10 Å². The Morgan fingerprint density at radius 1 is 0.892 bits per heavy atom. The van der Waals surface area contributed by atoms with Gasteiger partial charge in [-0.2, -0.15) is 5.10 Å². The van der Waals surface area contributed by atoms with Crippen LogP contribution in [0.1, 0.15) is 17.7 Å². The highest BCUT2D eigenvalue weighted by molar-refractivity contribution is 7.15. The fourth-order valence-corrected chi connectivity index (χ4v) is 6.13. The van der Waals surface area contributed by atoms with Gasteiger partial charge in [-0.05, 0) is 80.9 Å². The quantitative estimate of drug-likeness (QED) is 0.237. The van der Waals surface area contributed by atoms with Crippen LogP contribution in [0.3, 0.4) is 0 Å². The van der Waals surface area contributed by atoms with Crippen molar-refractivity contribution in [1.29, 1.82) is 0 Å². The average molecular weight is 506 g/mol. The number of nitrogens with one attached hydrogen (secondary N) is 3. The highest BCUT2D eigenvalue weighted by Gasteiger charge is 2.17. The number of hydrogen-bond acceptors (Lipinski definition) is 5. The van der Waals surface area contributed by atoms with Crippen LogP contribution in [0.25, 0.3) is 54.8 Å². The average Bonchev–Trinajstić information content (AvgIpc) is 3.66. The van der Waals surface area contributed by atoms with E-state index in [2.05, 4.69) is 88.0 Å². The Labute approximate surface area is 218 Å². The van der Waals surface area contributed by atoms with Crippen molar-refractivity contribution in [2.24, 2.45) is 0 Å². The molecular formula is C30H27N5OS. The summed E-state index contributed by atoms with van der Waals surface area (Å²) in [4.78, 5) is 10.7. The molecular weight excluding hydrogens is 478 g/mol. The lowest BCUT2D eigenvalue weighted by atomic mass is 10.0. The van der Waals surface area contributed by atoms with Crippen LogP contribution in [-0.4, -0.2) is 39.4 Å². The summed E-state index contributed by atoms with van der Waals surface area (Å²) in [7, 11) is 0. The summed E-state index contributed by atoms with van der Waals surface area (Å²) in [5.74, 6) is 0.823. The SMILES string of the molecule is Cc1ccc(-c2cccc3[nH]c(-c4n[nH]c5ccc(-c6cncc(OC7CCNCC7)c6)cc45)cc23)s1. The van der Waals surface area contributed by atoms with Gasteiger partial charge in [0.2, 0.25) is 0 Å². The second-order valence-corrected chi connectivity index (χ2v) is 11.0. The zero-order chi connectivity index (χ0) is 24.8. The standard InChI is InChI=1S/C30H27N5OS/c1-18-5-8-29(37-18)23-3-2-4-26-24(23)15-28(33-26)30-25-14-19(6-7-27(25)34-35-30)20-13-22(17-32-16-20)36-21-9-11-31-12-10-21/h2-8,13-17,21,31,33H,9-12H2,1H3,(H,34,35). The van der Waals surface area contributed by atoms with Crippen LogP contribution in [0.15, 0.2) is 73.1 Å². The number of piperidine rings is 1. The molecule has 0 unspecified atom stereocenters. The number of aromatic nitrogens is 4. The molecule has 6 nitrogen and oxygen atoms in total. The highest BCUT2D eigenvalue weighted by atomic mass is 32.1. The first-order chi connectivity index (χ1) is 18.2. The summed E-state index contributed by atoms with van der Waals surface area (Å²) < 4.78 is 6.24. The first-order valence-electron chi connectivity index (χ1n) is 12.7. The summed E-state index contributed by atoms with van der Waals surface area (Å²) in [6, 6.07) is 21.5. The van der Waals surface area contributed by atoms with Crippen LogP contribution in [0.2, 0.25) is 0 Å². The molecule has 5 heterocycles. The summed E-state index contributed by atoms with van der Waals surface area (Å²) in [5.41, 5.74) is 7.39. The van der Waals surface area contributed by atoms with Gasteiger partial charge in [0, 0.05) is 43.4 Å². The minimum absolute atomic E-state index is 0.242. The topological polar surface area (TPSA) is 78.6 Å². The Morgan fingerprint density at radius 3 is 2.68 bits per heavy atom. The predicted molar refractivity (Wildman–Crippen MR) is 151 cm³/mol. The Morgan fingerprint density at radius 2 is 1.81 bits per heavy atom. The number of pyridine rings is 1. The lowest BCUT2D eigenvalue weighted by molar-refractivity contribution is 0.162. The third kappa shape index (κ3) is 4.20. The molecule has 1 fully saturated rings. The largest absolute Gasteiger partial charge is 0.489 e. The van der Waals surface area contributed by atoms with E-state index in [1.165, 1.54) is 20.7 Å². The van der Waals surface area contributed by atoms with Crippen molar-refractivity contribution in [3.8, 4) is 38.7 Å². The second kappa shape index (κ2) is 9.18. The summed E-state index contributed by atoms with van der Waals surface area (Å²) in [5, 5.41) is 13.6. The number of aromatic amines is 2. The molecule has 1 saturated heterocycles. The van der Waals surface area contributed by atoms with Crippen molar-refractivity contribution in [1.82, 2.24) is 25.5 Å². The van der Waals surface area contributed by atoms with Gasteiger partial charge in [-0.25, -0.2) is 0 Å². The molecule has 0 saturated carbocycles. The second-order valence-electron chi connectivity index (χ2n) is 9.67. The van der Waals surface area contributed by atoms with Crippen molar-refractivity contribution in [2.75, 3.05) is 13.1 Å². The van der Waals surface area contributed by atoms with Gasteiger partial charge < -0.3 is 15.0 Å². The van der Waals surface area contributed by atoms with Crippen LogP contribution < -0.4 is 10.1 Å². The highest BCUT2D eigenvalue weighted by Crippen LogP contribution is 2.37. The fraction of sp³-hybridized carbons (Fsp3) is 0.200. The smallest absolute Gasteiger partial charge is 0.138 e. The first-order valence-corrected chi connectivity index (χ1v) is 13.5.